The second-order valence-corrected chi connectivity index (χ2v) is 6.40. The van der Waals surface area contributed by atoms with Gasteiger partial charge in [0.15, 0.2) is 0 Å². The summed E-state index contributed by atoms with van der Waals surface area (Å²) >= 11 is 1.13. The molecule has 0 unspecified atom stereocenters. The minimum Gasteiger partial charge on any atom is -0.398 e. The fourth-order valence-corrected chi connectivity index (χ4v) is 3.22. The normalized spacial score (nSPS) is 12.2. The maximum Gasteiger partial charge on any atom is 0.250 e. The first-order chi connectivity index (χ1) is 7.45. The highest BCUT2D eigenvalue weighted by molar-refractivity contribution is 7.91. The van der Waals surface area contributed by atoms with E-state index in [9.17, 15) is 8.42 Å². The summed E-state index contributed by atoms with van der Waals surface area (Å²) in [5.74, 6) is 0. The molecule has 0 spiro atoms. The van der Waals surface area contributed by atoms with E-state index in [4.69, 9.17) is 5.73 Å². The van der Waals surface area contributed by atoms with E-state index in [2.05, 4.69) is 4.72 Å². The molecule has 5 nitrogen and oxygen atoms in total. The van der Waals surface area contributed by atoms with Crippen LogP contribution in [-0.4, -0.2) is 40.0 Å². The van der Waals surface area contributed by atoms with Crippen LogP contribution < -0.4 is 10.5 Å². The first-order valence-corrected chi connectivity index (χ1v) is 7.34. The molecule has 0 fully saturated rings. The lowest BCUT2D eigenvalue weighted by Gasteiger charge is -2.13. The van der Waals surface area contributed by atoms with Gasteiger partial charge in [0.2, 0.25) is 10.0 Å². The highest BCUT2D eigenvalue weighted by atomic mass is 32.2. The first-order valence-electron chi connectivity index (χ1n) is 4.98. The van der Waals surface area contributed by atoms with Crippen molar-refractivity contribution in [1.82, 2.24) is 9.62 Å². The Kier molecular flexibility index (Phi) is 4.72. The average molecular weight is 263 g/mol. The summed E-state index contributed by atoms with van der Waals surface area (Å²) in [5, 5.41) is 1.62. The number of thiophene rings is 1. The number of anilines is 1. The van der Waals surface area contributed by atoms with Crippen molar-refractivity contribution in [3.63, 3.8) is 0 Å². The summed E-state index contributed by atoms with van der Waals surface area (Å²) in [5.41, 5.74) is 5.97. The van der Waals surface area contributed by atoms with Gasteiger partial charge in [0.1, 0.15) is 4.21 Å². The van der Waals surface area contributed by atoms with Crippen molar-refractivity contribution >= 4 is 27.0 Å². The lowest BCUT2D eigenvalue weighted by molar-refractivity contribution is 0.358. The number of nitrogens with zero attached hydrogens (tertiary/aromatic N) is 1. The van der Waals surface area contributed by atoms with Crippen LogP contribution in [0.15, 0.2) is 15.7 Å². The summed E-state index contributed by atoms with van der Waals surface area (Å²) in [7, 11) is -1.44. The van der Waals surface area contributed by atoms with E-state index < -0.39 is 10.0 Å². The van der Waals surface area contributed by atoms with Gasteiger partial charge < -0.3 is 10.6 Å². The zero-order chi connectivity index (χ0) is 12.2. The Morgan fingerprint density at radius 1 is 1.56 bits per heavy atom. The molecule has 0 aliphatic rings. The molecule has 0 atom stereocenters. The molecule has 0 aliphatic heterocycles. The molecular formula is C9H17N3O2S2. The highest BCUT2D eigenvalue weighted by Gasteiger charge is 2.15. The Bertz CT molecular complexity index is 428. The van der Waals surface area contributed by atoms with Gasteiger partial charge in [-0.2, -0.15) is 0 Å². The molecule has 1 heterocycles. The van der Waals surface area contributed by atoms with Crippen LogP contribution in [0.4, 0.5) is 5.69 Å². The number of hydrogen-bond acceptors (Lipinski definition) is 5. The molecule has 1 aromatic rings. The van der Waals surface area contributed by atoms with Crippen LogP contribution >= 0.6 is 11.3 Å². The number of nitrogens with one attached hydrogen (secondary N) is 1. The lowest BCUT2D eigenvalue weighted by Crippen LogP contribution is -2.32. The monoisotopic (exact) mass is 263 g/mol. The van der Waals surface area contributed by atoms with Gasteiger partial charge in [-0.15, -0.1) is 11.3 Å². The van der Waals surface area contributed by atoms with E-state index in [0.29, 0.717) is 18.8 Å². The van der Waals surface area contributed by atoms with Crippen molar-refractivity contribution in [2.75, 3.05) is 32.4 Å². The molecule has 0 aliphatic carbocycles. The Morgan fingerprint density at radius 2 is 2.25 bits per heavy atom. The van der Waals surface area contributed by atoms with Crippen LogP contribution in [0.5, 0.6) is 0 Å². The lowest BCUT2D eigenvalue weighted by atomic mass is 10.5. The molecule has 1 rings (SSSR count). The van der Waals surface area contributed by atoms with E-state index in [-0.39, 0.29) is 4.21 Å². The SMILES string of the molecule is CCN(C)CCNS(=O)(=O)c1cc(N)cs1. The number of hydrogen-bond donors (Lipinski definition) is 2. The number of rotatable bonds is 6. The van der Waals surface area contributed by atoms with E-state index in [1.807, 2.05) is 18.9 Å². The second-order valence-electron chi connectivity index (χ2n) is 3.49. The van der Waals surface area contributed by atoms with Crippen LogP contribution in [0.25, 0.3) is 0 Å². The van der Waals surface area contributed by atoms with Gasteiger partial charge in [0, 0.05) is 24.2 Å². The third kappa shape index (κ3) is 3.75. The Hall–Kier alpha value is -0.630. The van der Waals surface area contributed by atoms with Crippen molar-refractivity contribution in [2.24, 2.45) is 0 Å². The maximum absolute atomic E-state index is 11.7. The second kappa shape index (κ2) is 5.62. The summed E-state index contributed by atoms with van der Waals surface area (Å²) < 4.78 is 26.3. The topological polar surface area (TPSA) is 75.4 Å². The van der Waals surface area contributed by atoms with Gasteiger partial charge in [-0.25, -0.2) is 13.1 Å². The van der Waals surface area contributed by atoms with E-state index in [1.54, 1.807) is 5.38 Å². The first kappa shape index (κ1) is 13.4. The molecule has 1 aromatic heterocycles. The smallest absolute Gasteiger partial charge is 0.250 e. The molecule has 0 saturated carbocycles. The largest absolute Gasteiger partial charge is 0.398 e. The molecule has 3 N–H and O–H groups in total. The zero-order valence-corrected chi connectivity index (χ0v) is 11.1. The van der Waals surface area contributed by atoms with E-state index >= 15 is 0 Å². The summed E-state index contributed by atoms with van der Waals surface area (Å²) in [4.78, 5) is 2.03. The minimum absolute atomic E-state index is 0.268. The van der Waals surface area contributed by atoms with Crippen molar-refractivity contribution in [3.05, 3.63) is 11.4 Å². The van der Waals surface area contributed by atoms with Gasteiger partial charge in [-0.05, 0) is 19.7 Å². The number of nitrogen functional groups attached to an aromatic ring is 1. The number of nitrogens with two attached hydrogens (primary N) is 1. The van der Waals surface area contributed by atoms with E-state index in [1.165, 1.54) is 6.07 Å². The predicted molar refractivity (Wildman–Crippen MR) is 67.1 cm³/mol. The average Bonchev–Trinajstić information content (AvgIpc) is 2.65. The molecule has 7 heteroatoms. The van der Waals surface area contributed by atoms with Gasteiger partial charge in [0.25, 0.3) is 0 Å². The van der Waals surface area contributed by atoms with Crippen LogP contribution in [-0.2, 0) is 10.0 Å². The molecule has 0 bridgehead atoms. The maximum atomic E-state index is 11.7. The minimum atomic E-state index is -3.38. The van der Waals surface area contributed by atoms with Gasteiger partial charge in [-0.3, -0.25) is 0 Å². The molecule has 92 valence electrons. The predicted octanol–water partition coefficient (Wildman–Crippen LogP) is 0.560. The third-order valence-corrected chi connectivity index (χ3v) is 5.10. The van der Waals surface area contributed by atoms with E-state index in [0.717, 1.165) is 17.9 Å². The molecular weight excluding hydrogens is 246 g/mol. The number of sulfonamides is 1. The summed E-state index contributed by atoms with van der Waals surface area (Å²) in [6.45, 7) is 4.02. The Balaban J connectivity index is 2.53. The van der Waals surface area contributed by atoms with Crippen molar-refractivity contribution in [1.29, 1.82) is 0 Å². The quantitative estimate of drug-likeness (QED) is 0.786. The number of likely N-dealkylation sites (N-methyl/N-ethyl adjacent to an activating group) is 1. The van der Waals surface area contributed by atoms with Crippen LogP contribution in [0.1, 0.15) is 6.92 Å². The van der Waals surface area contributed by atoms with Crippen molar-refractivity contribution in [3.8, 4) is 0 Å². The zero-order valence-electron chi connectivity index (χ0n) is 9.43. The summed E-state index contributed by atoms with van der Waals surface area (Å²) in [6, 6.07) is 1.47. The van der Waals surface area contributed by atoms with Crippen molar-refractivity contribution in [2.45, 2.75) is 11.1 Å². The fourth-order valence-electron chi connectivity index (χ4n) is 1.07. The Morgan fingerprint density at radius 3 is 2.75 bits per heavy atom. The standard InChI is InChI=1S/C9H17N3O2S2/c1-3-12(2)5-4-11-16(13,14)9-6-8(10)7-15-9/h6-7,11H,3-5,10H2,1-2H3. The molecule has 0 saturated heterocycles. The van der Waals surface area contributed by atoms with Crippen LogP contribution in [0.3, 0.4) is 0 Å². The molecule has 16 heavy (non-hydrogen) atoms. The van der Waals surface area contributed by atoms with Gasteiger partial charge in [-0.1, -0.05) is 6.92 Å². The molecule has 0 aromatic carbocycles. The molecule has 0 amide bonds. The van der Waals surface area contributed by atoms with Gasteiger partial charge in [0.05, 0.1) is 0 Å². The van der Waals surface area contributed by atoms with Crippen LogP contribution in [0, 0.1) is 0 Å². The van der Waals surface area contributed by atoms with Gasteiger partial charge >= 0.3 is 0 Å². The van der Waals surface area contributed by atoms with Crippen molar-refractivity contribution < 1.29 is 8.42 Å². The summed E-state index contributed by atoms with van der Waals surface area (Å²) in [6.07, 6.45) is 0. The molecule has 0 radical (unpaired) electrons. The van der Waals surface area contributed by atoms with Crippen LogP contribution in [0.2, 0.25) is 0 Å². The third-order valence-electron chi connectivity index (χ3n) is 2.19. The Labute approximate surface area is 100 Å². The fraction of sp³-hybridized carbons (Fsp3) is 0.556. The highest BCUT2D eigenvalue weighted by Crippen LogP contribution is 2.20.